The van der Waals surface area contributed by atoms with Crippen molar-refractivity contribution in [2.75, 3.05) is 0 Å². The molecule has 0 saturated heterocycles. The molecule has 186 valence electrons. The van der Waals surface area contributed by atoms with Crippen molar-refractivity contribution in [1.82, 2.24) is 13.4 Å². The van der Waals surface area contributed by atoms with E-state index in [1.54, 1.807) is 0 Å². The zero-order valence-corrected chi connectivity index (χ0v) is 21.7. The molecule has 10 aromatic rings. The fourth-order valence-electron chi connectivity index (χ4n) is 6.96. The average Bonchev–Trinajstić information content (AvgIpc) is 3.76. The van der Waals surface area contributed by atoms with E-state index in [0.29, 0.717) is 10.1 Å². The van der Waals surface area contributed by atoms with Crippen LogP contribution in [0.3, 0.4) is 0 Å². The molecular weight excluding hydrogens is 514 g/mol. The largest absolute Gasteiger partial charge is 0.308 e. The summed E-state index contributed by atoms with van der Waals surface area (Å²) in [6.07, 6.45) is 0. The van der Waals surface area contributed by atoms with Gasteiger partial charge in [0.15, 0.2) is 0 Å². The minimum atomic E-state index is -0.277. The molecule has 5 nitrogen and oxygen atoms in total. The van der Waals surface area contributed by atoms with Gasteiger partial charge in [0, 0.05) is 37.2 Å². The fraction of sp³-hybridized carbons (Fsp3) is 0. The summed E-state index contributed by atoms with van der Waals surface area (Å²) in [5.74, 6) is 0. The molecule has 0 unspecified atom stereocenters. The van der Waals surface area contributed by atoms with E-state index in [1.165, 1.54) is 48.4 Å². The van der Waals surface area contributed by atoms with Gasteiger partial charge in [-0.2, -0.15) is 4.52 Å². The highest BCUT2D eigenvalue weighted by molar-refractivity contribution is 7.25. The maximum absolute atomic E-state index is 13.6. The summed E-state index contributed by atoms with van der Waals surface area (Å²) in [4.78, 5) is 27.1. The van der Waals surface area contributed by atoms with Crippen LogP contribution in [0.25, 0.3) is 80.4 Å². The summed E-state index contributed by atoms with van der Waals surface area (Å²) < 4.78 is 7.18. The van der Waals surface area contributed by atoms with Crippen molar-refractivity contribution in [3.63, 3.8) is 0 Å². The lowest BCUT2D eigenvalue weighted by atomic mass is 10.0. The zero-order chi connectivity index (χ0) is 26.3. The van der Waals surface area contributed by atoms with Crippen LogP contribution in [0, 0.1) is 0 Å². The van der Waals surface area contributed by atoms with Crippen LogP contribution in [0.2, 0.25) is 0 Å². The normalized spacial score (nSPS) is 12.7. The Bertz CT molecular complexity index is 2810. The SMILES string of the molecule is O=c1c2cccc(-c3ccc4c5cccc6c7ccccc7n(c4c3)c65)c2n2c3c(sc4ccccc43)c(=O)n12. The number of nitrogens with zero attached hydrogens (tertiary/aromatic N) is 3. The summed E-state index contributed by atoms with van der Waals surface area (Å²) >= 11 is 1.45. The molecule has 0 aliphatic heterocycles. The van der Waals surface area contributed by atoms with Gasteiger partial charge in [0.25, 0.3) is 11.1 Å². The van der Waals surface area contributed by atoms with Crippen molar-refractivity contribution in [1.29, 1.82) is 0 Å². The first-order valence-electron chi connectivity index (χ1n) is 13.2. The number of fused-ring (bicyclic) bond motifs is 13. The van der Waals surface area contributed by atoms with Gasteiger partial charge in [-0.25, -0.2) is 4.52 Å². The van der Waals surface area contributed by atoms with Crippen molar-refractivity contribution < 1.29 is 0 Å². The lowest BCUT2D eigenvalue weighted by Gasteiger charge is -2.07. The van der Waals surface area contributed by atoms with Crippen LogP contribution in [0.1, 0.15) is 0 Å². The smallest absolute Gasteiger partial charge is 0.292 e. The zero-order valence-electron chi connectivity index (χ0n) is 20.9. The van der Waals surface area contributed by atoms with Crippen LogP contribution < -0.4 is 11.1 Å². The van der Waals surface area contributed by atoms with Crippen LogP contribution in [0.5, 0.6) is 0 Å². The Morgan fingerprint density at radius 1 is 0.500 bits per heavy atom. The van der Waals surface area contributed by atoms with Gasteiger partial charge in [-0.15, -0.1) is 11.3 Å². The third-order valence-electron chi connectivity index (χ3n) is 8.57. The number of aromatic nitrogens is 3. The van der Waals surface area contributed by atoms with E-state index in [1.807, 2.05) is 40.9 Å². The molecule has 0 amide bonds. The van der Waals surface area contributed by atoms with Crippen molar-refractivity contribution in [3.05, 3.63) is 124 Å². The number of hydrogen-bond donors (Lipinski definition) is 0. The van der Waals surface area contributed by atoms with Crippen molar-refractivity contribution >= 4 is 80.6 Å². The Kier molecular flexibility index (Phi) is 3.55. The van der Waals surface area contributed by atoms with Crippen molar-refractivity contribution in [2.45, 2.75) is 0 Å². The Morgan fingerprint density at radius 2 is 1.20 bits per heavy atom. The standard InChI is InChI=1S/C34H17N3O2S/c38-33-25-12-5-9-19(30(25)36-31-24-8-2-4-14-28(24)40-32(31)34(39)37(33)36)18-15-16-21-23-11-6-10-22-20-7-1-3-13-26(20)35(29(22)23)27(21)17-18/h1-17H. The van der Waals surface area contributed by atoms with Gasteiger partial charge in [-0.05, 0) is 29.8 Å². The lowest BCUT2D eigenvalue weighted by molar-refractivity contribution is 0.843. The molecule has 6 heteroatoms. The number of thiophene rings is 1. The van der Waals surface area contributed by atoms with Gasteiger partial charge in [0.2, 0.25) is 0 Å². The molecule has 40 heavy (non-hydrogen) atoms. The van der Waals surface area contributed by atoms with E-state index in [-0.39, 0.29) is 11.1 Å². The van der Waals surface area contributed by atoms with Gasteiger partial charge in [0.1, 0.15) is 4.70 Å². The molecule has 0 spiro atoms. The third-order valence-corrected chi connectivity index (χ3v) is 9.72. The molecule has 5 aromatic carbocycles. The number of para-hydroxylation sites is 3. The second-order valence-corrected chi connectivity index (χ2v) is 11.6. The van der Waals surface area contributed by atoms with Crippen LogP contribution in [0.4, 0.5) is 0 Å². The second-order valence-electron chi connectivity index (χ2n) is 10.5. The minimum Gasteiger partial charge on any atom is -0.308 e. The number of rotatable bonds is 1. The first-order chi connectivity index (χ1) is 19.7. The van der Waals surface area contributed by atoms with Crippen molar-refractivity contribution in [2.24, 2.45) is 0 Å². The third kappa shape index (κ3) is 2.24. The van der Waals surface area contributed by atoms with Crippen LogP contribution in [-0.2, 0) is 0 Å². The molecule has 5 heterocycles. The van der Waals surface area contributed by atoms with E-state index in [2.05, 4.69) is 71.1 Å². The molecule has 0 aliphatic rings. The average molecular weight is 532 g/mol. The summed E-state index contributed by atoms with van der Waals surface area (Å²) in [7, 11) is 0. The van der Waals surface area contributed by atoms with Gasteiger partial charge in [-0.1, -0.05) is 78.9 Å². The van der Waals surface area contributed by atoms with E-state index >= 15 is 0 Å². The Hall–Kier alpha value is -5.20. The second kappa shape index (κ2) is 6.86. The molecule has 0 radical (unpaired) electrons. The van der Waals surface area contributed by atoms with E-state index in [9.17, 15) is 9.59 Å². The Labute approximate surface area is 228 Å². The molecule has 0 saturated carbocycles. The quantitative estimate of drug-likeness (QED) is 0.220. The van der Waals surface area contributed by atoms with E-state index in [0.717, 1.165) is 37.8 Å². The fourth-order valence-corrected chi connectivity index (χ4v) is 8.07. The first kappa shape index (κ1) is 20.7. The molecule has 0 bridgehead atoms. The highest BCUT2D eigenvalue weighted by atomic mass is 32.1. The predicted octanol–water partition coefficient (Wildman–Crippen LogP) is 7.54. The molecule has 0 atom stereocenters. The number of hydrogen-bond acceptors (Lipinski definition) is 3. The highest BCUT2D eigenvalue weighted by Gasteiger charge is 2.24. The maximum Gasteiger partial charge on any atom is 0.292 e. The first-order valence-corrected chi connectivity index (χ1v) is 14.0. The maximum atomic E-state index is 13.6. The van der Waals surface area contributed by atoms with Gasteiger partial charge in [-0.3, -0.25) is 9.59 Å². The van der Waals surface area contributed by atoms with Crippen LogP contribution in [0.15, 0.2) is 113 Å². The minimum absolute atomic E-state index is 0.256. The lowest BCUT2D eigenvalue weighted by Crippen LogP contribution is -2.21. The highest BCUT2D eigenvalue weighted by Crippen LogP contribution is 2.41. The monoisotopic (exact) mass is 531 g/mol. The Morgan fingerprint density at radius 3 is 2.08 bits per heavy atom. The van der Waals surface area contributed by atoms with E-state index in [4.69, 9.17) is 0 Å². The molecule has 0 fully saturated rings. The summed E-state index contributed by atoms with van der Waals surface area (Å²) in [6, 6.07) is 35.4. The molecule has 0 N–H and O–H groups in total. The Balaban J connectivity index is 1.39. The van der Waals surface area contributed by atoms with Gasteiger partial charge >= 0.3 is 0 Å². The molecule has 10 rings (SSSR count). The summed E-state index contributed by atoms with van der Waals surface area (Å²) in [5, 5.41) is 6.45. The van der Waals surface area contributed by atoms with Gasteiger partial charge < -0.3 is 4.40 Å². The predicted molar refractivity (Wildman–Crippen MR) is 165 cm³/mol. The van der Waals surface area contributed by atoms with Crippen LogP contribution >= 0.6 is 11.3 Å². The summed E-state index contributed by atoms with van der Waals surface area (Å²) in [6.45, 7) is 0. The van der Waals surface area contributed by atoms with Crippen LogP contribution in [-0.4, -0.2) is 13.4 Å². The molecule has 0 aliphatic carbocycles. The van der Waals surface area contributed by atoms with Crippen molar-refractivity contribution in [3.8, 4) is 11.1 Å². The number of benzene rings is 5. The molecular formula is C34H17N3O2S. The topological polar surface area (TPSA) is 47.4 Å². The molecule has 5 aromatic heterocycles. The van der Waals surface area contributed by atoms with E-state index < -0.39 is 0 Å². The van der Waals surface area contributed by atoms with Gasteiger partial charge in [0.05, 0.1) is 33.0 Å². The summed E-state index contributed by atoms with van der Waals surface area (Å²) in [5.41, 5.74) is 6.51.